The van der Waals surface area contributed by atoms with Crippen molar-refractivity contribution in [2.75, 3.05) is 18.0 Å². The molecule has 7 heteroatoms. The molecule has 1 aliphatic carbocycles. The Kier molecular flexibility index (Phi) is 3.43. The zero-order chi connectivity index (χ0) is 14.2. The zero-order valence-corrected chi connectivity index (χ0v) is 13.0. The third-order valence-corrected chi connectivity index (χ3v) is 5.23. The molecule has 3 heterocycles. The number of nitrogens with zero attached hydrogens (tertiary/aromatic N) is 4. The van der Waals surface area contributed by atoms with Gasteiger partial charge in [-0.15, -0.1) is 10.2 Å². The van der Waals surface area contributed by atoms with Gasteiger partial charge in [-0.25, -0.2) is 0 Å². The Morgan fingerprint density at radius 2 is 2.19 bits per heavy atom. The van der Waals surface area contributed by atoms with Gasteiger partial charge in [0, 0.05) is 37.3 Å². The van der Waals surface area contributed by atoms with Crippen LogP contribution in [0.15, 0.2) is 18.5 Å². The molecule has 1 saturated heterocycles. The number of hydrogen-bond acceptors (Lipinski definition) is 6. The van der Waals surface area contributed by atoms with E-state index < -0.39 is 0 Å². The monoisotopic (exact) mass is 322 g/mol. The second kappa shape index (κ2) is 5.42. The average molecular weight is 323 g/mol. The van der Waals surface area contributed by atoms with Gasteiger partial charge in [-0.05, 0) is 12.8 Å². The normalized spacial score (nSPS) is 21.8. The summed E-state index contributed by atoms with van der Waals surface area (Å²) in [6.07, 6.45) is 6.94. The van der Waals surface area contributed by atoms with E-state index in [1.807, 2.05) is 0 Å². The smallest absolute Gasteiger partial charge is 0.208 e. The van der Waals surface area contributed by atoms with Gasteiger partial charge in [-0.3, -0.25) is 4.98 Å². The number of ether oxygens (including phenoxy) is 1. The lowest BCUT2D eigenvalue weighted by Crippen LogP contribution is -2.24. The minimum absolute atomic E-state index is 0.137. The van der Waals surface area contributed by atoms with Crippen LogP contribution in [0.4, 0.5) is 5.13 Å². The highest BCUT2D eigenvalue weighted by Gasteiger charge is 2.31. The first-order valence-electron chi connectivity index (χ1n) is 7.14. The first kappa shape index (κ1) is 13.3. The highest BCUT2D eigenvalue weighted by molar-refractivity contribution is 7.15. The summed E-state index contributed by atoms with van der Waals surface area (Å²) in [5.41, 5.74) is 0. The van der Waals surface area contributed by atoms with Crippen LogP contribution in [0.1, 0.15) is 30.2 Å². The van der Waals surface area contributed by atoms with Crippen LogP contribution in [0, 0.1) is 0 Å². The van der Waals surface area contributed by atoms with Crippen LogP contribution >= 0.6 is 22.9 Å². The predicted octanol–water partition coefficient (Wildman–Crippen LogP) is 3.12. The van der Waals surface area contributed by atoms with Gasteiger partial charge in [0.15, 0.2) is 0 Å². The number of halogens is 1. The standard InChI is InChI=1S/C14H15ClN4OS/c15-11-7-16-5-3-12(11)20-10-4-6-19(8-10)14-18-17-13(21-14)9-1-2-9/h3,5,7,9-10H,1-2,4,6,8H2. The summed E-state index contributed by atoms with van der Waals surface area (Å²) in [6.45, 7) is 1.78. The number of anilines is 1. The molecule has 2 aromatic rings. The predicted molar refractivity (Wildman–Crippen MR) is 82.4 cm³/mol. The number of hydrogen-bond donors (Lipinski definition) is 0. The van der Waals surface area contributed by atoms with Crippen LogP contribution in [0.2, 0.25) is 5.02 Å². The number of rotatable bonds is 4. The van der Waals surface area contributed by atoms with Gasteiger partial charge >= 0.3 is 0 Å². The molecule has 0 bridgehead atoms. The first-order valence-corrected chi connectivity index (χ1v) is 8.33. The van der Waals surface area contributed by atoms with E-state index in [4.69, 9.17) is 16.3 Å². The van der Waals surface area contributed by atoms with Gasteiger partial charge in [0.1, 0.15) is 21.9 Å². The van der Waals surface area contributed by atoms with Crippen molar-refractivity contribution in [3.63, 3.8) is 0 Å². The van der Waals surface area contributed by atoms with Gasteiger partial charge in [-0.1, -0.05) is 22.9 Å². The molecule has 1 saturated carbocycles. The molecule has 2 aliphatic rings. The molecule has 0 N–H and O–H groups in total. The van der Waals surface area contributed by atoms with Crippen molar-refractivity contribution >= 4 is 28.1 Å². The molecule has 2 aromatic heterocycles. The summed E-state index contributed by atoms with van der Waals surface area (Å²) in [5.74, 6) is 1.37. The van der Waals surface area contributed by atoms with Crippen LogP contribution in [-0.4, -0.2) is 34.4 Å². The minimum Gasteiger partial charge on any atom is -0.487 e. The Balaban J connectivity index is 1.41. The third-order valence-electron chi connectivity index (χ3n) is 3.80. The van der Waals surface area contributed by atoms with Crippen LogP contribution in [0.3, 0.4) is 0 Å². The van der Waals surface area contributed by atoms with Crippen molar-refractivity contribution in [1.82, 2.24) is 15.2 Å². The maximum Gasteiger partial charge on any atom is 0.208 e. The van der Waals surface area contributed by atoms with E-state index in [-0.39, 0.29) is 6.10 Å². The molecule has 5 nitrogen and oxygen atoms in total. The molecule has 1 unspecified atom stereocenters. The second-order valence-electron chi connectivity index (χ2n) is 5.48. The first-order chi connectivity index (χ1) is 10.3. The minimum atomic E-state index is 0.137. The van der Waals surface area contributed by atoms with Crippen LogP contribution < -0.4 is 9.64 Å². The van der Waals surface area contributed by atoms with E-state index in [2.05, 4.69) is 20.1 Å². The van der Waals surface area contributed by atoms with Crippen molar-refractivity contribution in [2.24, 2.45) is 0 Å². The molecule has 0 aromatic carbocycles. The maximum absolute atomic E-state index is 6.08. The summed E-state index contributed by atoms with van der Waals surface area (Å²) in [5, 5.41) is 11.4. The van der Waals surface area contributed by atoms with Crippen molar-refractivity contribution in [1.29, 1.82) is 0 Å². The molecule has 1 aliphatic heterocycles. The Morgan fingerprint density at radius 3 is 3.00 bits per heavy atom. The second-order valence-corrected chi connectivity index (χ2v) is 6.87. The molecule has 0 amide bonds. The molecule has 1 atom stereocenters. The third kappa shape index (κ3) is 2.82. The summed E-state index contributed by atoms with van der Waals surface area (Å²) in [7, 11) is 0. The number of pyridine rings is 1. The molecule has 2 fully saturated rings. The fourth-order valence-electron chi connectivity index (χ4n) is 2.49. The Morgan fingerprint density at radius 1 is 1.29 bits per heavy atom. The highest BCUT2D eigenvalue weighted by atomic mass is 35.5. The van der Waals surface area contributed by atoms with E-state index in [1.54, 1.807) is 29.8 Å². The lowest BCUT2D eigenvalue weighted by atomic mass is 10.3. The van der Waals surface area contributed by atoms with Crippen molar-refractivity contribution < 1.29 is 4.74 Å². The molecule has 21 heavy (non-hydrogen) atoms. The van der Waals surface area contributed by atoms with Gasteiger partial charge in [-0.2, -0.15) is 0 Å². The number of aromatic nitrogens is 3. The van der Waals surface area contributed by atoms with E-state index in [1.165, 1.54) is 17.8 Å². The van der Waals surface area contributed by atoms with Crippen molar-refractivity contribution in [3.8, 4) is 5.75 Å². The molecular weight excluding hydrogens is 308 g/mol. The molecule has 0 radical (unpaired) electrons. The lowest BCUT2D eigenvalue weighted by Gasteiger charge is -2.16. The summed E-state index contributed by atoms with van der Waals surface area (Å²) >= 11 is 7.80. The van der Waals surface area contributed by atoms with Gasteiger partial charge in [0.05, 0.1) is 6.54 Å². The SMILES string of the molecule is Clc1cnccc1OC1CCN(c2nnc(C3CC3)s2)C1. The molecular formula is C14H15ClN4OS. The topological polar surface area (TPSA) is 51.1 Å². The summed E-state index contributed by atoms with van der Waals surface area (Å²) in [4.78, 5) is 6.22. The maximum atomic E-state index is 6.08. The van der Waals surface area contributed by atoms with Crippen LogP contribution in [-0.2, 0) is 0 Å². The zero-order valence-electron chi connectivity index (χ0n) is 11.4. The van der Waals surface area contributed by atoms with Gasteiger partial charge in [0.25, 0.3) is 0 Å². The van der Waals surface area contributed by atoms with Crippen molar-refractivity contribution in [3.05, 3.63) is 28.5 Å². The Bertz CT molecular complexity index is 645. The molecule has 0 spiro atoms. The molecule has 110 valence electrons. The van der Waals surface area contributed by atoms with Gasteiger partial charge < -0.3 is 9.64 Å². The Hall–Kier alpha value is -1.40. The van der Waals surface area contributed by atoms with Crippen LogP contribution in [0.5, 0.6) is 5.75 Å². The van der Waals surface area contributed by atoms with Crippen LogP contribution in [0.25, 0.3) is 0 Å². The summed E-state index contributed by atoms with van der Waals surface area (Å²) < 4.78 is 5.97. The Labute approximate surface area is 131 Å². The fraction of sp³-hybridized carbons (Fsp3) is 0.500. The van der Waals surface area contributed by atoms with E-state index in [0.29, 0.717) is 16.7 Å². The van der Waals surface area contributed by atoms with E-state index in [9.17, 15) is 0 Å². The largest absolute Gasteiger partial charge is 0.487 e. The van der Waals surface area contributed by atoms with Crippen molar-refractivity contribution in [2.45, 2.75) is 31.3 Å². The lowest BCUT2D eigenvalue weighted by molar-refractivity contribution is 0.225. The summed E-state index contributed by atoms with van der Waals surface area (Å²) in [6, 6.07) is 1.81. The highest BCUT2D eigenvalue weighted by Crippen LogP contribution is 2.43. The average Bonchev–Trinajstić information content (AvgIpc) is 3.04. The van der Waals surface area contributed by atoms with E-state index in [0.717, 1.165) is 24.6 Å². The molecule has 4 rings (SSSR count). The quantitative estimate of drug-likeness (QED) is 0.865. The van der Waals surface area contributed by atoms with E-state index >= 15 is 0 Å². The fourth-order valence-corrected chi connectivity index (χ4v) is 3.70. The van der Waals surface area contributed by atoms with Gasteiger partial charge in [0.2, 0.25) is 5.13 Å².